The molecule has 4 aliphatic rings. The zero-order valence-electron chi connectivity index (χ0n) is 28.6. The average molecular weight is 688 g/mol. The van der Waals surface area contributed by atoms with Gasteiger partial charge in [-0.25, -0.2) is 14.4 Å². The summed E-state index contributed by atoms with van der Waals surface area (Å²) in [6.07, 6.45) is 0.319. The van der Waals surface area contributed by atoms with Crippen molar-refractivity contribution >= 4 is 29.9 Å². The van der Waals surface area contributed by atoms with Crippen molar-refractivity contribution < 1.29 is 38.9 Å². The number of carbonyl (C=O) groups is 5. The zero-order valence-corrected chi connectivity index (χ0v) is 28.6. The summed E-state index contributed by atoms with van der Waals surface area (Å²) in [5.41, 5.74) is 1.57. The first kappa shape index (κ1) is 34.9. The largest absolute Gasteiger partial charge is 0.479 e. The summed E-state index contributed by atoms with van der Waals surface area (Å²) < 4.78 is 5.86. The highest BCUT2D eigenvalue weighted by molar-refractivity contribution is 5.95. The molecule has 5 amide bonds. The van der Waals surface area contributed by atoms with Crippen molar-refractivity contribution in [1.29, 1.82) is 0 Å². The lowest BCUT2D eigenvalue weighted by atomic mass is 9.86. The maximum atomic E-state index is 14.0. The Hall–Kier alpha value is -4.91. The van der Waals surface area contributed by atoms with E-state index in [1.165, 1.54) is 11.0 Å². The molecule has 7 atom stereocenters. The lowest BCUT2D eigenvalue weighted by molar-refractivity contribution is -0.144. The fraction of sp³-hybridized carbons (Fsp3) is 0.486. The highest BCUT2D eigenvalue weighted by Crippen LogP contribution is 2.45. The lowest BCUT2D eigenvalue weighted by Crippen LogP contribution is -2.60. The van der Waals surface area contributed by atoms with Gasteiger partial charge < -0.3 is 40.7 Å². The van der Waals surface area contributed by atoms with Crippen LogP contribution in [0.15, 0.2) is 61.2 Å². The summed E-state index contributed by atoms with van der Waals surface area (Å²) in [5.74, 6) is -2.91. The van der Waals surface area contributed by atoms with Gasteiger partial charge in [0.05, 0.1) is 18.7 Å². The van der Waals surface area contributed by atoms with Crippen LogP contribution in [0, 0.1) is 11.3 Å². The molecular weight excluding hydrogens is 642 g/mol. The molecule has 1 saturated carbocycles. The van der Waals surface area contributed by atoms with Crippen molar-refractivity contribution in [3.05, 3.63) is 83.4 Å². The summed E-state index contributed by atoms with van der Waals surface area (Å²) in [6, 6.07) is 11.6. The first-order valence-electron chi connectivity index (χ1n) is 17.1. The van der Waals surface area contributed by atoms with E-state index in [0.717, 1.165) is 22.3 Å². The number of rotatable bonds is 8. The summed E-state index contributed by atoms with van der Waals surface area (Å²) in [7, 11) is 0. The van der Waals surface area contributed by atoms with E-state index in [1.807, 2.05) is 48.5 Å². The molecule has 2 aliphatic carbocycles. The molecule has 0 aromatic heterocycles. The van der Waals surface area contributed by atoms with E-state index in [9.17, 15) is 34.2 Å². The van der Waals surface area contributed by atoms with Gasteiger partial charge in [-0.1, -0.05) is 75.4 Å². The highest BCUT2D eigenvalue weighted by Gasteiger charge is 2.61. The molecule has 3 unspecified atom stereocenters. The molecule has 1 saturated heterocycles. The molecule has 2 aromatic rings. The molecule has 6 rings (SSSR count). The van der Waals surface area contributed by atoms with E-state index in [1.54, 1.807) is 25.7 Å². The highest BCUT2D eigenvalue weighted by atomic mass is 16.6. The number of benzene rings is 2. The fourth-order valence-electron chi connectivity index (χ4n) is 7.41. The Morgan fingerprint density at radius 3 is 2.38 bits per heavy atom. The third kappa shape index (κ3) is 6.78. The first-order chi connectivity index (χ1) is 23.7. The van der Waals surface area contributed by atoms with Crippen molar-refractivity contribution in [3.63, 3.8) is 0 Å². The van der Waals surface area contributed by atoms with Crippen molar-refractivity contribution in [3.8, 4) is 0 Å². The Morgan fingerprint density at radius 1 is 1.04 bits per heavy atom. The Morgan fingerprint density at radius 2 is 1.72 bits per heavy atom. The topological polar surface area (TPSA) is 178 Å². The van der Waals surface area contributed by atoms with E-state index in [2.05, 4.69) is 22.5 Å². The number of ether oxygens (including phenoxy) is 1. The molecule has 0 bridgehead atoms. The molecule has 2 aliphatic heterocycles. The van der Waals surface area contributed by atoms with Gasteiger partial charge in [-0.15, -0.1) is 6.58 Å². The fourth-order valence-corrected chi connectivity index (χ4v) is 7.41. The van der Waals surface area contributed by atoms with Gasteiger partial charge in [0.2, 0.25) is 11.8 Å². The molecule has 0 spiro atoms. The van der Waals surface area contributed by atoms with Crippen LogP contribution < -0.4 is 16.0 Å². The quantitative estimate of drug-likeness (QED) is 0.263. The van der Waals surface area contributed by atoms with Gasteiger partial charge in [0.1, 0.15) is 23.7 Å². The smallest absolute Gasteiger partial charge is 0.410 e. The van der Waals surface area contributed by atoms with Crippen LogP contribution in [0.2, 0.25) is 0 Å². The van der Waals surface area contributed by atoms with Crippen LogP contribution in [0.1, 0.15) is 61.9 Å². The van der Waals surface area contributed by atoms with Crippen LogP contribution in [0.3, 0.4) is 0 Å². The first-order valence-corrected chi connectivity index (χ1v) is 17.1. The number of nitrogens with zero attached hydrogens (tertiary/aromatic N) is 2. The number of hydrogen-bond acceptors (Lipinski definition) is 7. The van der Waals surface area contributed by atoms with Crippen LogP contribution >= 0.6 is 0 Å². The summed E-state index contributed by atoms with van der Waals surface area (Å²) in [5, 5.41) is 29.0. The molecule has 2 fully saturated rings. The molecule has 2 heterocycles. The van der Waals surface area contributed by atoms with E-state index >= 15 is 0 Å². The monoisotopic (exact) mass is 687 g/mol. The third-order valence-corrected chi connectivity index (χ3v) is 10.4. The number of aliphatic carboxylic acids is 1. The lowest BCUT2D eigenvalue weighted by Gasteiger charge is -2.34. The van der Waals surface area contributed by atoms with Crippen molar-refractivity contribution in [2.75, 3.05) is 13.1 Å². The van der Waals surface area contributed by atoms with Gasteiger partial charge in [-0.05, 0) is 40.5 Å². The second-order valence-electron chi connectivity index (χ2n) is 14.9. The number of amides is 5. The molecule has 13 nitrogen and oxygen atoms in total. The molecule has 50 heavy (non-hydrogen) atoms. The molecule has 0 radical (unpaired) electrons. The van der Waals surface area contributed by atoms with Crippen LogP contribution in [0.25, 0.3) is 0 Å². The molecular formula is C37H45N5O8. The van der Waals surface area contributed by atoms with Crippen LogP contribution in [0.5, 0.6) is 0 Å². The minimum absolute atomic E-state index is 0.0681. The zero-order chi connectivity index (χ0) is 36.0. The number of carboxylic acid groups (broad SMARTS) is 1. The van der Waals surface area contributed by atoms with Gasteiger partial charge in [0.25, 0.3) is 0 Å². The number of likely N-dealkylation sites (tertiary alicyclic amines) is 1. The Balaban J connectivity index is 1.19. The molecule has 2 aromatic carbocycles. The number of aliphatic hydroxyl groups excluding tert-OH is 1. The van der Waals surface area contributed by atoms with E-state index in [0.29, 0.717) is 25.9 Å². The number of aliphatic hydroxyl groups is 1. The van der Waals surface area contributed by atoms with E-state index in [4.69, 9.17) is 4.74 Å². The second kappa shape index (κ2) is 13.4. The van der Waals surface area contributed by atoms with Crippen molar-refractivity contribution in [2.24, 2.45) is 11.3 Å². The summed E-state index contributed by atoms with van der Waals surface area (Å²) >= 11 is 0. The minimum Gasteiger partial charge on any atom is -0.479 e. The number of nitrogens with one attached hydrogen (secondary N) is 3. The number of carbonyl (C=O) groups excluding carboxylic acids is 4. The Bertz CT molecular complexity index is 1710. The molecule has 13 heteroatoms. The number of carboxylic acids is 1. The van der Waals surface area contributed by atoms with Crippen LogP contribution in [-0.2, 0) is 38.5 Å². The van der Waals surface area contributed by atoms with Crippen LogP contribution in [0.4, 0.5) is 9.59 Å². The maximum absolute atomic E-state index is 14.0. The predicted octanol–water partition coefficient (Wildman–Crippen LogP) is 2.67. The summed E-state index contributed by atoms with van der Waals surface area (Å²) in [6.45, 7) is 9.68. The van der Waals surface area contributed by atoms with Crippen molar-refractivity contribution in [1.82, 2.24) is 25.8 Å². The maximum Gasteiger partial charge on any atom is 0.410 e. The number of urea groups is 1. The SMILES string of the molecule is C=C[C@@H]1C[C@]1(NC(=O)C1CC(OC(=O)N2CCc3ccccc3C2)CN1C(=O)NC(C(=O)N[C@H]1c2ccccc2C[C@H]1O)C(C)(C)C)C(=O)O. The summed E-state index contributed by atoms with van der Waals surface area (Å²) in [4.78, 5) is 69.9. The Labute approximate surface area is 291 Å². The van der Waals surface area contributed by atoms with E-state index < -0.39 is 77.1 Å². The predicted molar refractivity (Wildman–Crippen MR) is 182 cm³/mol. The number of hydrogen-bond donors (Lipinski definition) is 5. The van der Waals surface area contributed by atoms with Crippen LogP contribution in [-0.4, -0.2) is 92.8 Å². The normalized spacial score (nSPS) is 27.3. The van der Waals surface area contributed by atoms with Gasteiger partial charge >= 0.3 is 18.1 Å². The molecule has 266 valence electrons. The van der Waals surface area contributed by atoms with Gasteiger partial charge in [-0.2, -0.15) is 0 Å². The number of fused-ring (bicyclic) bond motifs is 2. The van der Waals surface area contributed by atoms with Crippen molar-refractivity contribution in [2.45, 2.75) is 88.9 Å². The standard InChI is InChI=1S/C37H45N5O8/c1-5-24-18-37(24,33(46)47)40-31(44)27-17-25(50-35(49)41-15-14-21-10-6-7-12-23(21)19-41)20-42(27)34(48)39-30(36(2,3)4)32(45)38-29-26-13-9-8-11-22(26)16-28(29)43/h5-13,24-25,27-30,43H,1,14-20H2,2-4H3,(H,38,45)(H,39,48)(H,40,44)(H,46,47)/t24-,25?,27?,28-,29+,30?,37-/m1/s1. The van der Waals surface area contributed by atoms with Gasteiger partial charge in [0, 0.05) is 31.8 Å². The minimum atomic E-state index is -1.54. The Kier molecular flexibility index (Phi) is 9.38. The third-order valence-electron chi connectivity index (χ3n) is 10.4. The second-order valence-corrected chi connectivity index (χ2v) is 14.9. The van der Waals surface area contributed by atoms with Gasteiger partial charge in [0.15, 0.2) is 0 Å². The average Bonchev–Trinajstić information content (AvgIpc) is 3.49. The molecule has 5 N–H and O–H groups in total. The van der Waals surface area contributed by atoms with E-state index in [-0.39, 0.29) is 19.4 Å². The van der Waals surface area contributed by atoms with Gasteiger partial charge in [-0.3, -0.25) is 9.59 Å².